The summed E-state index contributed by atoms with van der Waals surface area (Å²) in [5.41, 5.74) is 3.00. The Morgan fingerprint density at radius 3 is 2.56 bits per heavy atom. The lowest BCUT2D eigenvalue weighted by Gasteiger charge is -2.08. The highest BCUT2D eigenvalue weighted by Gasteiger charge is 2.12. The van der Waals surface area contributed by atoms with Gasteiger partial charge in [0.1, 0.15) is 0 Å². The van der Waals surface area contributed by atoms with Gasteiger partial charge in [0, 0.05) is 21.7 Å². The van der Waals surface area contributed by atoms with Crippen molar-refractivity contribution in [2.24, 2.45) is 0 Å². The van der Waals surface area contributed by atoms with Crippen LogP contribution in [0.1, 0.15) is 28.5 Å². The van der Waals surface area contributed by atoms with E-state index in [9.17, 15) is 9.59 Å². The van der Waals surface area contributed by atoms with Crippen molar-refractivity contribution < 1.29 is 9.59 Å². The lowest BCUT2D eigenvalue weighted by Crippen LogP contribution is -2.16. The van der Waals surface area contributed by atoms with Crippen LogP contribution in [0.15, 0.2) is 53.9 Å². The minimum absolute atomic E-state index is 0.142. The number of hydrogen-bond acceptors (Lipinski definition) is 4. The Kier molecular flexibility index (Phi) is 6.21. The predicted octanol–water partition coefficient (Wildman–Crippen LogP) is 4.79. The summed E-state index contributed by atoms with van der Waals surface area (Å²) in [5, 5.41) is 8.44. The molecule has 5 nitrogen and oxygen atoms in total. The molecule has 1 heterocycles. The van der Waals surface area contributed by atoms with Crippen molar-refractivity contribution in [2.75, 3.05) is 10.6 Å². The molecule has 0 unspecified atom stereocenters. The smallest absolute Gasteiger partial charge is 0.257 e. The molecule has 0 saturated heterocycles. The molecule has 27 heavy (non-hydrogen) atoms. The molecule has 2 aromatic carbocycles. The van der Waals surface area contributed by atoms with Crippen LogP contribution in [0.3, 0.4) is 0 Å². The molecule has 0 atom stereocenters. The zero-order chi connectivity index (χ0) is 19.2. The first-order valence-corrected chi connectivity index (χ1v) is 9.70. The second kappa shape index (κ2) is 8.79. The summed E-state index contributed by atoms with van der Waals surface area (Å²) in [6.07, 6.45) is 0.986. The molecular weight excluding hydrogens is 382 g/mol. The molecule has 2 N–H and O–H groups in total. The zero-order valence-electron chi connectivity index (χ0n) is 14.7. The summed E-state index contributed by atoms with van der Waals surface area (Å²) in [6.45, 7) is 2.04. The van der Waals surface area contributed by atoms with Gasteiger partial charge in [-0.15, -0.1) is 11.3 Å². The van der Waals surface area contributed by atoms with Crippen molar-refractivity contribution in [3.63, 3.8) is 0 Å². The Hall–Kier alpha value is -2.70. The van der Waals surface area contributed by atoms with Crippen molar-refractivity contribution in [3.05, 3.63) is 75.8 Å². The number of rotatable bonds is 6. The third kappa shape index (κ3) is 5.15. The van der Waals surface area contributed by atoms with Gasteiger partial charge in [-0.2, -0.15) is 0 Å². The van der Waals surface area contributed by atoms with Gasteiger partial charge in [0.25, 0.3) is 5.91 Å². The van der Waals surface area contributed by atoms with Crippen LogP contribution >= 0.6 is 22.9 Å². The maximum atomic E-state index is 12.3. The van der Waals surface area contributed by atoms with Crippen LogP contribution in [0.25, 0.3) is 0 Å². The first kappa shape index (κ1) is 19.1. The monoisotopic (exact) mass is 399 g/mol. The number of para-hydroxylation sites is 1. The summed E-state index contributed by atoms with van der Waals surface area (Å²) in [7, 11) is 0. The quantitative estimate of drug-likeness (QED) is 0.625. The first-order chi connectivity index (χ1) is 13.0. The maximum Gasteiger partial charge on any atom is 0.257 e. The van der Waals surface area contributed by atoms with E-state index in [2.05, 4.69) is 15.6 Å². The summed E-state index contributed by atoms with van der Waals surface area (Å²) in [6, 6.07) is 14.3. The number of thiazole rings is 1. The SMILES string of the molecule is CCc1ccccc1NC(=O)Cc1csc(NC(=O)c2ccc(Cl)cc2)n1. The molecule has 0 aliphatic rings. The molecule has 1 aromatic heterocycles. The van der Waals surface area contributed by atoms with Gasteiger partial charge in [0.15, 0.2) is 5.13 Å². The summed E-state index contributed by atoms with van der Waals surface area (Å²) >= 11 is 7.11. The van der Waals surface area contributed by atoms with Crippen LogP contribution in [0.2, 0.25) is 5.02 Å². The number of benzene rings is 2. The van der Waals surface area contributed by atoms with Gasteiger partial charge in [-0.1, -0.05) is 36.7 Å². The number of aromatic nitrogens is 1. The van der Waals surface area contributed by atoms with Gasteiger partial charge in [0.2, 0.25) is 5.91 Å². The average Bonchev–Trinajstić information content (AvgIpc) is 3.09. The van der Waals surface area contributed by atoms with Crippen LogP contribution in [0.4, 0.5) is 10.8 Å². The Labute approximate surface area is 166 Å². The number of halogens is 1. The number of anilines is 2. The number of hydrogen-bond donors (Lipinski definition) is 2. The second-order valence-corrected chi connectivity index (χ2v) is 7.14. The molecule has 0 aliphatic carbocycles. The topological polar surface area (TPSA) is 71.1 Å². The van der Waals surface area contributed by atoms with Crippen LogP contribution < -0.4 is 10.6 Å². The zero-order valence-corrected chi connectivity index (χ0v) is 16.2. The van der Waals surface area contributed by atoms with E-state index in [1.165, 1.54) is 11.3 Å². The fraction of sp³-hybridized carbons (Fsp3) is 0.150. The second-order valence-electron chi connectivity index (χ2n) is 5.84. The molecule has 2 amide bonds. The third-order valence-electron chi connectivity index (χ3n) is 3.89. The van der Waals surface area contributed by atoms with Gasteiger partial charge in [0.05, 0.1) is 12.1 Å². The van der Waals surface area contributed by atoms with E-state index in [0.717, 1.165) is 17.7 Å². The minimum Gasteiger partial charge on any atom is -0.325 e. The van der Waals surface area contributed by atoms with E-state index >= 15 is 0 Å². The van der Waals surface area contributed by atoms with Gasteiger partial charge >= 0.3 is 0 Å². The number of carbonyl (C=O) groups is 2. The number of aryl methyl sites for hydroxylation is 1. The van der Waals surface area contributed by atoms with E-state index in [1.807, 2.05) is 31.2 Å². The largest absolute Gasteiger partial charge is 0.325 e. The van der Waals surface area contributed by atoms with Crippen LogP contribution in [-0.4, -0.2) is 16.8 Å². The van der Waals surface area contributed by atoms with E-state index in [0.29, 0.717) is 21.4 Å². The molecule has 0 saturated carbocycles. The normalized spacial score (nSPS) is 10.4. The van der Waals surface area contributed by atoms with Gasteiger partial charge in [-0.25, -0.2) is 4.98 Å². The van der Waals surface area contributed by atoms with Crippen molar-refractivity contribution >= 4 is 45.6 Å². The van der Waals surface area contributed by atoms with Crippen LogP contribution in [-0.2, 0) is 17.6 Å². The van der Waals surface area contributed by atoms with Crippen LogP contribution in [0.5, 0.6) is 0 Å². The molecule has 3 rings (SSSR count). The number of carbonyl (C=O) groups excluding carboxylic acids is 2. The Balaban J connectivity index is 1.59. The Morgan fingerprint density at radius 2 is 1.81 bits per heavy atom. The van der Waals surface area contributed by atoms with Gasteiger partial charge in [-0.05, 0) is 42.3 Å². The highest BCUT2D eigenvalue weighted by molar-refractivity contribution is 7.14. The summed E-state index contributed by atoms with van der Waals surface area (Å²) in [4.78, 5) is 28.8. The maximum absolute atomic E-state index is 12.3. The average molecular weight is 400 g/mol. The van der Waals surface area contributed by atoms with Crippen molar-refractivity contribution in [1.29, 1.82) is 0 Å². The summed E-state index contributed by atoms with van der Waals surface area (Å²) < 4.78 is 0. The van der Waals surface area contributed by atoms with Gasteiger partial charge < -0.3 is 5.32 Å². The number of nitrogens with one attached hydrogen (secondary N) is 2. The molecule has 0 aliphatic heterocycles. The molecular formula is C20H18ClN3O2S. The third-order valence-corrected chi connectivity index (χ3v) is 4.95. The fourth-order valence-electron chi connectivity index (χ4n) is 2.53. The molecule has 0 fully saturated rings. The lowest BCUT2D eigenvalue weighted by molar-refractivity contribution is -0.115. The Morgan fingerprint density at radius 1 is 1.07 bits per heavy atom. The lowest BCUT2D eigenvalue weighted by atomic mass is 10.1. The molecule has 7 heteroatoms. The van der Waals surface area contributed by atoms with Crippen molar-refractivity contribution in [3.8, 4) is 0 Å². The first-order valence-electron chi connectivity index (χ1n) is 8.44. The fourth-order valence-corrected chi connectivity index (χ4v) is 3.36. The van der Waals surface area contributed by atoms with Crippen molar-refractivity contribution in [2.45, 2.75) is 19.8 Å². The summed E-state index contributed by atoms with van der Waals surface area (Å²) in [5.74, 6) is -0.411. The highest BCUT2D eigenvalue weighted by Crippen LogP contribution is 2.19. The predicted molar refractivity (Wildman–Crippen MR) is 110 cm³/mol. The van der Waals surface area contributed by atoms with Crippen molar-refractivity contribution in [1.82, 2.24) is 4.98 Å². The number of nitrogens with zero attached hydrogens (tertiary/aromatic N) is 1. The number of amides is 2. The van der Waals surface area contributed by atoms with E-state index in [4.69, 9.17) is 11.6 Å². The van der Waals surface area contributed by atoms with Gasteiger partial charge in [-0.3, -0.25) is 14.9 Å². The Bertz CT molecular complexity index is 954. The molecule has 3 aromatic rings. The molecule has 0 bridgehead atoms. The highest BCUT2D eigenvalue weighted by atomic mass is 35.5. The van der Waals surface area contributed by atoms with E-state index < -0.39 is 0 Å². The van der Waals surface area contributed by atoms with E-state index in [-0.39, 0.29) is 18.2 Å². The molecule has 138 valence electrons. The molecule has 0 radical (unpaired) electrons. The molecule has 0 spiro atoms. The standard InChI is InChI=1S/C20H18ClN3O2S/c1-2-13-5-3-4-6-17(13)23-18(25)11-16-12-27-20(22-16)24-19(26)14-7-9-15(21)10-8-14/h3-10,12H,2,11H2,1H3,(H,23,25)(H,22,24,26). The van der Waals surface area contributed by atoms with E-state index in [1.54, 1.807) is 29.6 Å². The van der Waals surface area contributed by atoms with Crippen LogP contribution in [0, 0.1) is 0 Å². The minimum atomic E-state index is -0.270.